The van der Waals surface area contributed by atoms with E-state index in [2.05, 4.69) is 0 Å². The minimum Gasteiger partial charge on any atom is -0.338 e. The molecule has 90 valence electrons. The lowest BCUT2D eigenvalue weighted by Gasteiger charge is -2.29. The van der Waals surface area contributed by atoms with Gasteiger partial charge in [-0.1, -0.05) is 30.3 Å². The highest BCUT2D eigenvalue weighted by Gasteiger charge is 2.41. The van der Waals surface area contributed by atoms with E-state index in [0.717, 1.165) is 24.4 Å². The van der Waals surface area contributed by atoms with Crippen LogP contribution in [0.5, 0.6) is 0 Å². The Morgan fingerprint density at radius 1 is 1.29 bits per heavy atom. The Kier molecular flexibility index (Phi) is 2.63. The number of rotatable bonds is 2. The lowest BCUT2D eigenvalue weighted by molar-refractivity contribution is -0.134. The van der Waals surface area contributed by atoms with Crippen LogP contribution in [0, 0.1) is 5.92 Å². The van der Waals surface area contributed by atoms with Gasteiger partial charge in [0.15, 0.2) is 0 Å². The number of nitrogens with zero attached hydrogens (tertiary/aromatic N) is 1. The van der Waals surface area contributed by atoms with Gasteiger partial charge in [-0.15, -0.1) is 0 Å². The molecule has 0 aromatic heterocycles. The smallest absolute Gasteiger partial charge is 0.244 e. The predicted octanol–water partition coefficient (Wildman–Crippen LogP) is 1.70. The predicted molar refractivity (Wildman–Crippen MR) is 66.2 cm³/mol. The van der Waals surface area contributed by atoms with Crippen LogP contribution >= 0.6 is 0 Å². The molecule has 2 aliphatic rings. The standard InChI is InChI=1S/C14H18N2O/c15-13(11-4-2-1-3-5-11)14(17)16-9-10-6-7-12(16)8-10/h1-5,10,12-13H,6-9,15H2. The van der Waals surface area contributed by atoms with Crippen LogP contribution in [-0.2, 0) is 4.79 Å². The molecule has 2 N–H and O–H groups in total. The third-order valence-corrected chi connectivity index (χ3v) is 4.12. The summed E-state index contributed by atoms with van der Waals surface area (Å²) >= 11 is 0. The number of nitrogens with two attached hydrogens (primary N) is 1. The van der Waals surface area contributed by atoms with Crippen LogP contribution in [0.15, 0.2) is 30.3 Å². The van der Waals surface area contributed by atoms with Crippen molar-refractivity contribution in [2.45, 2.75) is 31.3 Å². The molecule has 0 radical (unpaired) electrons. The van der Waals surface area contributed by atoms with Crippen molar-refractivity contribution in [2.24, 2.45) is 11.7 Å². The summed E-state index contributed by atoms with van der Waals surface area (Å²) in [5.74, 6) is 0.829. The monoisotopic (exact) mass is 230 g/mol. The third kappa shape index (κ3) is 1.84. The van der Waals surface area contributed by atoms with Gasteiger partial charge in [0.25, 0.3) is 0 Å². The van der Waals surface area contributed by atoms with E-state index >= 15 is 0 Å². The average Bonchev–Trinajstić information content (AvgIpc) is 3.00. The summed E-state index contributed by atoms with van der Waals surface area (Å²) in [5.41, 5.74) is 6.98. The molecule has 3 atom stereocenters. The SMILES string of the molecule is NC(C(=O)N1CC2CCC1C2)c1ccccc1. The fourth-order valence-electron chi connectivity index (χ4n) is 3.18. The maximum Gasteiger partial charge on any atom is 0.244 e. The molecule has 0 spiro atoms. The number of hydrogen-bond donors (Lipinski definition) is 1. The van der Waals surface area contributed by atoms with Gasteiger partial charge in [0, 0.05) is 12.6 Å². The van der Waals surface area contributed by atoms with Crippen molar-refractivity contribution < 1.29 is 4.79 Å². The summed E-state index contributed by atoms with van der Waals surface area (Å²) in [6, 6.07) is 9.63. The number of piperidine rings is 1. The van der Waals surface area contributed by atoms with Gasteiger partial charge in [-0.3, -0.25) is 4.79 Å². The van der Waals surface area contributed by atoms with Crippen LogP contribution < -0.4 is 5.73 Å². The first-order chi connectivity index (χ1) is 8.25. The highest BCUT2D eigenvalue weighted by molar-refractivity contribution is 5.83. The zero-order chi connectivity index (χ0) is 11.8. The summed E-state index contributed by atoms with van der Waals surface area (Å²) in [7, 11) is 0. The number of carbonyl (C=O) groups is 1. The van der Waals surface area contributed by atoms with Crippen molar-refractivity contribution in [3.8, 4) is 0 Å². The summed E-state index contributed by atoms with van der Waals surface area (Å²) in [5, 5.41) is 0. The second-order valence-corrected chi connectivity index (χ2v) is 5.21. The van der Waals surface area contributed by atoms with Crippen LogP contribution in [0.2, 0.25) is 0 Å². The molecule has 17 heavy (non-hydrogen) atoms. The average molecular weight is 230 g/mol. The Hall–Kier alpha value is -1.35. The van der Waals surface area contributed by atoms with Crippen molar-refractivity contribution in [3.63, 3.8) is 0 Å². The molecule has 1 heterocycles. The minimum atomic E-state index is -0.490. The fourth-order valence-corrected chi connectivity index (χ4v) is 3.18. The third-order valence-electron chi connectivity index (χ3n) is 4.12. The summed E-state index contributed by atoms with van der Waals surface area (Å²) in [6.45, 7) is 0.921. The number of likely N-dealkylation sites (tertiary alicyclic amines) is 1. The van der Waals surface area contributed by atoms with Gasteiger partial charge in [0.1, 0.15) is 6.04 Å². The normalized spacial score (nSPS) is 28.4. The first-order valence-corrected chi connectivity index (χ1v) is 6.36. The summed E-state index contributed by atoms with van der Waals surface area (Å²) in [6.07, 6.45) is 3.64. The molecule has 1 aromatic rings. The lowest BCUT2D eigenvalue weighted by atomic mass is 10.0. The first kappa shape index (κ1) is 10.8. The second-order valence-electron chi connectivity index (χ2n) is 5.21. The molecule has 1 saturated heterocycles. The van der Waals surface area contributed by atoms with Gasteiger partial charge in [-0.2, -0.15) is 0 Å². The van der Waals surface area contributed by atoms with Gasteiger partial charge in [-0.25, -0.2) is 0 Å². The maximum atomic E-state index is 12.3. The number of benzene rings is 1. The Balaban J connectivity index is 1.74. The van der Waals surface area contributed by atoms with Crippen molar-refractivity contribution in [1.29, 1.82) is 0 Å². The summed E-state index contributed by atoms with van der Waals surface area (Å²) < 4.78 is 0. The highest BCUT2D eigenvalue weighted by Crippen LogP contribution is 2.38. The molecular formula is C14H18N2O. The maximum absolute atomic E-state index is 12.3. The second kappa shape index (κ2) is 4.15. The van der Waals surface area contributed by atoms with E-state index in [1.807, 2.05) is 35.2 Å². The van der Waals surface area contributed by atoms with E-state index in [4.69, 9.17) is 5.73 Å². The van der Waals surface area contributed by atoms with Gasteiger partial charge < -0.3 is 10.6 Å². The molecule has 1 amide bonds. The van der Waals surface area contributed by atoms with Crippen molar-refractivity contribution in [1.82, 2.24) is 4.90 Å². The van der Waals surface area contributed by atoms with Crippen LogP contribution in [0.4, 0.5) is 0 Å². The first-order valence-electron chi connectivity index (χ1n) is 6.36. The molecular weight excluding hydrogens is 212 g/mol. The van der Waals surface area contributed by atoms with Gasteiger partial charge in [0.2, 0.25) is 5.91 Å². The Morgan fingerprint density at radius 2 is 2.06 bits per heavy atom. The Bertz CT molecular complexity index is 417. The van der Waals surface area contributed by atoms with Gasteiger partial charge in [-0.05, 0) is 30.7 Å². The molecule has 1 aliphatic heterocycles. The van der Waals surface area contributed by atoms with Crippen molar-refractivity contribution in [3.05, 3.63) is 35.9 Å². The van der Waals surface area contributed by atoms with Crippen LogP contribution in [0.3, 0.4) is 0 Å². The van der Waals surface area contributed by atoms with Gasteiger partial charge in [0.05, 0.1) is 0 Å². The molecule has 1 aliphatic carbocycles. The molecule has 3 unspecified atom stereocenters. The van der Waals surface area contributed by atoms with E-state index in [9.17, 15) is 4.79 Å². The fraction of sp³-hybridized carbons (Fsp3) is 0.500. The van der Waals surface area contributed by atoms with E-state index in [-0.39, 0.29) is 5.91 Å². The number of fused-ring (bicyclic) bond motifs is 2. The molecule has 2 bridgehead atoms. The topological polar surface area (TPSA) is 46.3 Å². The molecule has 1 aromatic carbocycles. The van der Waals surface area contributed by atoms with E-state index in [0.29, 0.717) is 6.04 Å². The van der Waals surface area contributed by atoms with E-state index in [1.54, 1.807) is 0 Å². The quantitative estimate of drug-likeness (QED) is 0.840. The zero-order valence-corrected chi connectivity index (χ0v) is 9.88. The summed E-state index contributed by atoms with van der Waals surface area (Å²) in [4.78, 5) is 14.3. The molecule has 3 heteroatoms. The van der Waals surface area contributed by atoms with Crippen LogP contribution in [-0.4, -0.2) is 23.4 Å². The van der Waals surface area contributed by atoms with Crippen molar-refractivity contribution in [2.75, 3.05) is 6.54 Å². The van der Waals surface area contributed by atoms with E-state index < -0.39 is 6.04 Å². The minimum absolute atomic E-state index is 0.100. The number of hydrogen-bond acceptors (Lipinski definition) is 2. The Morgan fingerprint density at radius 3 is 2.65 bits per heavy atom. The van der Waals surface area contributed by atoms with Crippen molar-refractivity contribution >= 4 is 5.91 Å². The molecule has 1 saturated carbocycles. The lowest BCUT2D eigenvalue weighted by Crippen LogP contribution is -2.43. The molecule has 3 rings (SSSR count). The van der Waals surface area contributed by atoms with Crippen LogP contribution in [0.1, 0.15) is 30.9 Å². The van der Waals surface area contributed by atoms with E-state index in [1.165, 1.54) is 12.8 Å². The van der Waals surface area contributed by atoms with Crippen LogP contribution in [0.25, 0.3) is 0 Å². The molecule has 2 fully saturated rings. The van der Waals surface area contributed by atoms with Gasteiger partial charge >= 0.3 is 0 Å². The highest BCUT2D eigenvalue weighted by atomic mass is 16.2. The number of carbonyl (C=O) groups excluding carboxylic acids is 1. The largest absolute Gasteiger partial charge is 0.338 e. The molecule has 3 nitrogen and oxygen atoms in total. The zero-order valence-electron chi connectivity index (χ0n) is 9.88. The number of amides is 1. The Labute approximate surface area is 102 Å².